The third-order valence-electron chi connectivity index (χ3n) is 2.18. The first kappa shape index (κ1) is 5.30. The highest BCUT2D eigenvalue weighted by Crippen LogP contribution is 2.23. The van der Waals surface area contributed by atoms with Crippen molar-refractivity contribution in [3.05, 3.63) is 12.3 Å². The highest BCUT2D eigenvalue weighted by atomic mass is 15.5. The summed E-state index contributed by atoms with van der Waals surface area (Å²) in [7, 11) is 0. The zero-order valence-corrected chi connectivity index (χ0v) is 5.51. The van der Waals surface area contributed by atoms with E-state index in [4.69, 9.17) is 0 Å². The number of hydrogen-bond donors (Lipinski definition) is 1. The van der Waals surface area contributed by atoms with Crippen molar-refractivity contribution >= 4 is 0 Å². The van der Waals surface area contributed by atoms with Crippen molar-refractivity contribution in [3.8, 4) is 0 Å². The van der Waals surface area contributed by atoms with Crippen LogP contribution in [0.4, 0.5) is 0 Å². The van der Waals surface area contributed by atoms with Crippen LogP contribution in [0.25, 0.3) is 0 Å². The average molecular weight is 124 g/mol. The van der Waals surface area contributed by atoms with Gasteiger partial charge < -0.3 is 5.43 Å². The van der Waals surface area contributed by atoms with Crippen molar-refractivity contribution < 1.29 is 0 Å². The molecule has 2 rings (SSSR count). The van der Waals surface area contributed by atoms with E-state index in [1.807, 2.05) is 6.20 Å². The molecular formula is C7H12N2. The number of hydrazine groups is 1. The maximum absolute atomic E-state index is 3.21. The summed E-state index contributed by atoms with van der Waals surface area (Å²) in [5.41, 5.74) is 3.21. The van der Waals surface area contributed by atoms with Gasteiger partial charge in [0.15, 0.2) is 0 Å². The second kappa shape index (κ2) is 2.03. The van der Waals surface area contributed by atoms with Crippen LogP contribution in [0.1, 0.15) is 19.3 Å². The predicted octanol–water partition coefficient (Wildman–Crippen LogP) is 0.873. The van der Waals surface area contributed by atoms with E-state index in [1.165, 1.54) is 19.3 Å². The molecule has 1 saturated carbocycles. The van der Waals surface area contributed by atoms with Gasteiger partial charge in [0, 0.05) is 18.8 Å². The molecule has 0 aromatic carbocycles. The van der Waals surface area contributed by atoms with Crippen LogP contribution in [0.3, 0.4) is 0 Å². The van der Waals surface area contributed by atoms with Gasteiger partial charge in [0.25, 0.3) is 0 Å². The van der Waals surface area contributed by atoms with Gasteiger partial charge in [-0.2, -0.15) is 0 Å². The van der Waals surface area contributed by atoms with Crippen LogP contribution in [-0.2, 0) is 0 Å². The molecule has 1 aliphatic carbocycles. The van der Waals surface area contributed by atoms with Gasteiger partial charge in [-0.05, 0) is 12.8 Å². The van der Waals surface area contributed by atoms with E-state index >= 15 is 0 Å². The Labute approximate surface area is 55.5 Å². The van der Waals surface area contributed by atoms with E-state index < -0.39 is 0 Å². The summed E-state index contributed by atoms with van der Waals surface area (Å²) >= 11 is 0. The molecule has 0 atom stereocenters. The van der Waals surface area contributed by atoms with Crippen molar-refractivity contribution in [1.29, 1.82) is 0 Å². The van der Waals surface area contributed by atoms with Crippen molar-refractivity contribution in [2.75, 3.05) is 6.54 Å². The first-order valence-electron chi connectivity index (χ1n) is 3.64. The van der Waals surface area contributed by atoms with Crippen LogP contribution in [0.5, 0.6) is 0 Å². The molecule has 0 unspecified atom stereocenters. The summed E-state index contributed by atoms with van der Waals surface area (Å²) in [6, 6.07) is 0.833. The third kappa shape index (κ3) is 0.833. The molecule has 0 aromatic rings. The molecule has 2 aliphatic rings. The van der Waals surface area contributed by atoms with Crippen molar-refractivity contribution in [1.82, 2.24) is 10.4 Å². The van der Waals surface area contributed by atoms with Gasteiger partial charge in [0.2, 0.25) is 0 Å². The van der Waals surface area contributed by atoms with Crippen molar-refractivity contribution in [2.45, 2.75) is 25.3 Å². The Morgan fingerprint density at radius 1 is 1.44 bits per heavy atom. The second-order valence-electron chi connectivity index (χ2n) is 2.77. The Morgan fingerprint density at radius 3 is 2.78 bits per heavy atom. The molecule has 0 radical (unpaired) electrons. The van der Waals surface area contributed by atoms with Crippen LogP contribution >= 0.6 is 0 Å². The predicted molar refractivity (Wildman–Crippen MR) is 36.6 cm³/mol. The molecule has 2 nitrogen and oxygen atoms in total. The van der Waals surface area contributed by atoms with Crippen molar-refractivity contribution in [2.24, 2.45) is 0 Å². The maximum Gasteiger partial charge on any atom is 0.0379 e. The van der Waals surface area contributed by atoms with Gasteiger partial charge in [-0.15, -0.1) is 0 Å². The molecule has 0 bridgehead atoms. The lowest BCUT2D eigenvalue weighted by Gasteiger charge is -2.34. The third-order valence-corrected chi connectivity index (χ3v) is 2.18. The Bertz CT molecular complexity index is 119. The molecule has 0 saturated heterocycles. The molecule has 0 amide bonds. The van der Waals surface area contributed by atoms with Gasteiger partial charge in [-0.1, -0.05) is 12.5 Å². The van der Waals surface area contributed by atoms with E-state index in [0.29, 0.717) is 0 Å². The lowest BCUT2D eigenvalue weighted by atomic mass is 9.93. The lowest BCUT2D eigenvalue weighted by Crippen LogP contribution is -2.43. The largest absolute Gasteiger partial charge is 0.326 e. The number of rotatable bonds is 1. The number of hydrogen-bond acceptors (Lipinski definition) is 2. The number of nitrogens with zero attached hydrogens (tertiary/aromatic N) is 1. The molecule has 1 heterocycles. The van der Waals surface area contributed by atoms with Crippen LogP contribution in [-0.4, -0.2) is 17.6 Å². The second-order valence-corrected chi connectivity index (χ2v) is 2.77. The lowest BCUT2D eigenvalue weighted by molar-refractivity contribution is 0.116. The zero-order chi connectivity index (χ0) is 6.10. The minimum atomic E-state index is 0.833. The standard InChI is InChI=1S/C7H12N2/c1-3-7(4-1)9-6-2-5-8-9/h2,5,7-8H,1,3-4,6H2. The Kier molecular flexibility index (Phi) is 1.19. The molecule has 0 aromatic heterocycles. The summed E-state index contributed by atoms with van der Waals surface area (Å²) in [5.74, 6) is 0. The Hall–Kier alpha value is -0.500. The molecule has 50 valence electrons. The quantitative estimate of drug-likeness (QED) is 0.558. The van der Waals surface area contributed by atoms with E-state index in [2.05, 4.69) is 16.5 Å². The summed E-state index contributed by atoms with van der Waals surface area (Å²) in [6.45, 7) is 1.10. The Morgan fingerprint density at radius 2 is 2.33 bits per heavy atom. The van der Waals surface area contributed by atoms with E-state index in [1.54, 1.807) is 0 Å². The minimum Gasteiger partial charge on any atom is -0.326 e. The van der Waals surface area contributed by atoms with Crippen LogP contribution in [0.2, 0.25) is 0 Å². The zero-order valence-electron chi connectivity index (χ0n) is 5.51. The normalized spacial score (nSPS) is 28.0. The van der Waals surface area contributed by atoms with Crippen LogP contribution in [0.15, 0.2) is 12.3 Å². The summed E-state index contributed by atoms with van der Waals surface area (Å²) in [5, 5.41) is 2.31. The fourth-order valence-corrected chi connectivity index (χ4v) is 1.32. The molecular weight excluding hydrogens is 112 g/mol. The molecule has 0 spiro atoms. The van der Waals surface area contributed by atoms with Gasteiger partial charge in [-0.25, -0.2) is 5.01 Å². The molecule has 1 fully saturated rings. The summed E-state index contributed by atoms with van der Waals surface area (Å²) in [6.07, 6.45) is 8.38. The van der Waals surface area contributed by atoms with Gasteiger partial charge in [-0.3, -0.25) is 0 Å². The average Bonchev–Trinajstić information content (AvgIpc) is 2.11. The molecule has 9 heavy (non-hydrogen) atoms. The van der Waals surface area contributed by atoms with E-state index in [0.717, 1.165) is 12.6 Å². The fourth-order valence-electron chi connectivity index (χ4n) is 1.32. The minimum absolute atomic E-state index is 0.833. The Balaban J connectivity index is 1.85. The smallest absolute Gasteiger partial charge is 0.0379 e. The van der Waals surface area contributed by atoms with Crippen LogP contribution in [0, 0.1) is 0 Å². The fraction of sp³-hybridized carbons (Fsp3) is 0.714. The first-order valence-corrected chi connectivity index (χ1v) is 3.64. The number of nitrogens with one attached hydrogen (secondary N) is 1. The van der Waals surface area contributed by atoms with Gasteiger partial charge >= 0.3 is 0 Å². The van der Waals surface area contributed by atoms with Crippen molar-refractivity contribution in [3.63, 3.8) is 0 Å². The van der Waals surface area contributed by atoms with E-state index in [9.17, 15) is 0 Å². The maximum atomic E-state index is 3.21. The SMILES string of the molecule is C1=CNN(C2CCC2)C1. The summed E-state index contributed by atoms with van der Waals surface area (Å²) < 4.78 is 0. The highest BCUT2D eigenvalue weighted by Gasteiger charge is 2.24. The van der Waals surface area contributed by atoms with Gasteiger partial charge in [0.05, 0.1) is 0 Å². The topological polar surface area (TPSA) is 15.3 Å². The monoisotopic (exact) mass is 124 g/mol. The molecule has 1 N–H and O–H groups in total. The molecule has 1 aliphatic heterocycles. The van der Waals surface area contributed by atoms with E-state index in [-0.39, 0.29) is 0 Å². The molecule has 2 heteroatoms. The summed E-state index contributed by atoms with van der Waals surface area (Å²) in [4.78, 5) is 0. The van der Waals surface area contributed by atoms with Crippen LogP contribution < -0.4 is 5.43 Å². The highest BCUT2D eigenvalue weighted by molar-refractivity contribution is 4.93. The first-order chi connectivity index (χ1) is 4.47. The van der Waals surface area contributed by atoms with Gasteiger partial charge in [0.1, 0.15) is 0 Å².